The number of carbonyl (C=O) groups is 1. The summed E-state index contributed by atoms with van der Waals surface area (Å²) in [6.07, 6.45) is 0. The van der Waals surface area contributed by atoms with Gasteiger partial charge in [0.15, 0.2) is 11.0 Å². The maximum absolute atomic E-state index is 11.9. The van der Waals surface area contributed by atoms with Gasteiger partial charge in [0, 0.05) is 18.7 Å². The molecule has 1 atom stereocenters. The van der Waals surface area contributed by atoms with Gasteiger partial charge in [-0.1, -0.05) is 11.8 Å². The third-order valence-electron chi connectivity index (χ3n) is 3.38. The minimum Gasteiger partial charge on any atom is -0.497 e. The third-order valence-corrected chi connectivity index (χ3v) is 4.46. The Morgan fingerprint density at radius 2 is 2.00 bits per heavy atom. The van der Waals surface area contributed by atoms with E-state index in [4.69, 9.17) is 4.74 Å². The second-order valence-electron chi connectivity index (χ2n) is 4.93. The first-order valence-electron chi connectivity index (χ1n) is 7.62. The number of benzene rings is 1. The number of methoxy groups -OCH3 is 1. The van der Waals surface area contributed by atoms with E-state index in [-0.39, 0.29) is 11.2 Å². The zero-order valence-electron chi connectivity index (χ0n) is 13.9. The van der Waals surface area contributed by atoms with Crippen molar-refractivity contribution in [2.75, 3.05) is 13.7 Å². The van der Waals surface area contributed by atoms with E-state index in [1.165, 1.54) is 11.8 Å². The summed E-state index contributed by atoms with van der Waals surface area (Å²) in [5, 5.41) is 11.9. The van der Waals surface area contributed by atoms with Crippen molar-refractivity contribution < 1.29 is 9.53 Å². The largest absolute Gasteiger partial charge is 0.497 e. The first-order valence-corrected chi connectivity index (χ1v) is 8.50. The summed E-state index contributed by atoms with van der Waals surface area (Å²) in [5.74, 6) is 1.60. The van der Waals surface area contributed by atoms with Crippen LogP contribution in [0.1, 0.15) is 20.8 Å². The molecule has 0 saturated heterocycles. The van der Waals surface area contributed by atoms with Crippen LogP contribution in [-0.4, -0.2) is 39.6 Å². The second-order valence-corrected chi connectivity index (χ2v) is 6.24. The molecule has 0 radical (unpaired) electrons. The molecular weight excluding hydrogens is 312 g/mol. The average molecular weight is 334 g/mol. The molecule has 1 heterocycles. The van der Waals surface area contributed by atoms with Crippen molar-refractivity contribution in [2.24, 2.45) is 0 Å². The van der Waals surface area contributed by atoms with Crippen molar-refractivity contribution in [3.8, 4) is 17.1 Å². The molecule has 1 N–H and O–H groups in total. The molecule has 2 rings (SSSR count). The highest BCUT2D eigenvalue weighted by molar-refractivity contribution is 8.00. The summed E-state index contributed by atoms with van der Waals surface area (Å²) in [7, 11) is 1.64. The Balaban J connectivity index is 2.23. The quantitative estimate of drug-likeness (QED) is 0.788. The Morgan fingerprint density at radius 3 is 2.57 bits per heavy atom. The van der Waals surface area contributed by atoms with Gasteiger partial charge in [-0.2, -0.15) is 0 Å². The highest BCUT2D eigenvalue weighted by Gasteiger charge is 2.19. The molecule has 124 valence electrons. The van der Waals surface area contributed by atoms with Gasteiger partial charge in [0.05, 0.1) is 12.4 Å². The molecule has 0 bridgehead atoms. The molecular formula is C16H22N4O2S. The van der Waals surface area contributed by atoms with Crippen LogP contribution in [-0.2, 0) is 11.3 Å². The molecule has 0 unspecified atom stereocenters. The Hall–Kier alpha value is -2.02. The Morgan fingerprint density at radius 1 is 1.30 bits per heavy atom. The lowest BCUT2D eigenvalue weighted by atomic mass is 10.2. The number of thioether (sulfide) groups is 1. The van der Waals surface area contributed by atoms with E-state index < -0.39 is 0 Å². The first-order chi connectivity index (χ1) is 11.1. The molecule has 0 aliphatic carbocycles. The molecule has 1 aromatic heterocycles. The van der Waals surface area contributed by atoms with E-state index in [9.17, 15) is 4.79 Å². The highest BCUT2D eigenvalue weighted by atomic mass is 32.2. The Kier molecular flexibility index (Phi) is 6.04. The van der Waals surface area contributed by atoms with E-state index in [0.717, 1.165) is 28.8 Å². The van der Waals surface area contributed by atoms with Crippen LogP contribution in [0.5, 0.6) is 5.75 Å². The van der Waals surface area contributed by atoms with E-state index in [0.29, 0.717) is 6.54 Å². The van der Waals surface area contributed by atoms with Gasteiger partial charge in [0.25, 0.3) is 0 Å². The number of carbonyl (C=O) groups excluding carboxylic acids is 1. The topological polar surface area (TPSA) is 69.0 Å². The predicted molar refractivity (Wildman–Crippen MR) is 91.7 cm³/mol. The van der Waals surface area contributed by atoms with Crippen LogP contribution < -0.4 is 10.1 Å². The predicted octanol–water partition coefficient (Wildman–Crippen LogP) is 2.59. The van der Waals surface area contributed by atoms with Crippen molar-refractivity contribution in [2.45, 2.75) is 37.7 Å². The lowest BCUT2D eigenvalue weighted by Crippen LogP contribution is -2.30. The van der Waals surface area contributed by atoms with Gasteiger partial charge in [-0.3, -0.25) is 4.79 Å². The lowest BCUT2D eigenvalue weighted by Gasteiger charge is -2.12. The van der Waals surface area contributed by atoms with E-state index in [1.54, 1.807) is 7.11 Å². The van der Waals surface area contributed by atoms with Gasteiger partial charge < -0.3 is 14.6 Å². The number of hydrogen-bond acceptors (Lipinski definition) is 5. The summed E-state index contributed by atoms with van der Waals surface area (Å²) in [5.41, 5.74) is 0.970. The summed E-state index contributed by atoms with van der Waals surface area (Å²) in [6, 6.07) is 7.70. The van der Waals surface area contributed by atoms with Crippen LogP contribution in [0.2, 0.25) is 0 Å². The summed E-state index contributed by atoms with van der Waals surface area (Å²) < 4.78 is 7.19. The number of nitrogens with zero attached hydrogens (tertiary/aromatic N) is 3. The van der Waals surface area contributed by atoms with Crippen molar-refractivity contribution >= 4 is 17.7 Å². The molecule has 0 saturated carbocycles. The number of amides is 1. The van der Waals surface area contributed by atoms with Gasteiger partial charge in [-0.05, 0) is 45.0 Å². The molecule has 6 nitrogen and oxygen atoms in total. The molecule has 1 aromatic carbocycles. The second kappa shape index (κ2) is 8.01. The van der Waals surface area contributed by atoms with Crippen molar-refractivity contribution in [3.05, 3.63) is 24.3 Å². The molecule has 7 heteroatoms. The summed E-state index contributed by atoms with van der Waals surface area (Å²) in [4.78, 5) is 11.9. The third kappa shape index (κ3) is 4.04. The normalized spacial score (nSPS) is 12.0. The van der Waals surface area contributed by atoms with Gasteiger partial charge in [-0.15, -0.1) is 10.2 Å². The standard InChI is InChI=1S/C16H22N4O2S/c1-5-17-15(21)11(3)23-16-19-18-14(20(16)6-2)12-7-9-13(22-4)10-8-12/h7-11H,5-6H2,1-4H3,(H,17,21)/t11-/m0/s1. The fourth-order valence-electron chi connectivity index (χ4n) is 2.14. The van der Waals surface area contributed by atoms with Crippen LogP contribution in [0.4, 0.5) is 0 Å². The van der Waals surface area contributed by atoms with Gasteiger partial charge in [-0.25, -0.2) is 0 Å². The van der Waals surface area contributed by atoms with E-state index in [1.807, 2.05) is 49.6 Å². The van der Waals surface area contributed by atoms with Gasteiger partial charge in [0.2, 0.25) is 5.91 Å². The van der Waals surface area contributed by atoms with E-state index >= 15 is 0 Å². The van der Waals surface area contributed by atoms with Crippen LogP contribution in [0, 0.1) is 0 Å². The number of aromatic nitrogens is 3. The highest BCUT2D eigenvalue weighted by Crippen LogP contribution is 2.27. The zero-order chi connectivity index (χ0) is 16.8. The lowest BCUT2D eigenvalue weighted by molar-refractivity contribution is -0.120. The fraction of sp³-hybridized carbons (Fsp3) is 0.438. The van der Waals surface area contributed by atoms with Crippen LogP contribution in [0.3, 0.4) is 0 Å². The number of rotatable bonds is 7. The maximum Gasteiger partial charge on any atom is 0.233 e. The van der Waals surface area contributed by atoms with Gasteiger partial charge >= 0.3 is 0 Å². The molecule has 0 aliphatic rings. The summed E-state index contributed by atoms with van der Waals surface area (Å²) in [6.45, 7) is 7.18. The number of nitrogens with one attached hydrogen (secondary N) is 1. The van der Waals surface area contributed by atoms with Crippen molar-refractivity contribution in [3.63, 3.8) is 0 Å². The van der Waals surface area contributed by atoms with Crippen molar-refractivity contribution in [1.82, 2.24) is 20.1 Å². The Bertz CT molecular complexity index is 655. The zero-order valence-corrected chi connectivity index (χ0v) is 14.7. The molecule has 2 aromatic rings. The number of hydrogen-bond donors (Lipinski definition) is 1. The van der Waals surface area contributed by atoms with Gasteiger partial charge in [0.1, 0.15) is 5.75 Å². The first kappa shape index (κ1) is 17.3. The molecule has 0 aliphatic heterocycles. The molecule has 0 fully saturated rings. The maximum atomic E-state index is 11.9. The van der Waals surface area contributed by atoms with Crippen LogP contribution in [0.15, 0.2) is 29.4 Å². The minimum absolute atomic E-state index is 0.00847. The van der Waals surface area contributed by atoms with Crippen molar-refractivity contribution in [1.29, 1.82) is 0 Å². The minimum atomic E-state index is -0.215. The molecule has 23 heavy (non-hydrogen) atoms. The fourth-order valence-corrected chi connectivity index (χ4v) is 3.08. The average Bonchev–Trinajstić information content (AvgIpc) is 2.97. The van der Waals surface area contributed by atoms with E-state index in [2.05, 4.69) is 15.5 Å². The monoisotopic (exact) mass is 334 g/mol. The van der Waals surface area contributed by atoms with Crippen LogP contribution in [0.25, 0.3) is 11.4 Å². The van der Waals surface area contributed by atoms with Crippen LogP contribution >= 0.6 is 11.8 Å². The number of ether oxygens (including phenoxy) is 1. The molecule has 0 spiro atoms. The molecule has 1 amide bonds. The smallest absolute Gasteiger partial charge is 0.233 e. The SMILES string of the molecule is CCNC(=O)[C@H](C)Sc1nnc(-c2ccc(OC)cc2)n1CC. The summed E-state index contributed by atoms with van der Waals surface area (Å²) >= 11 is 1.42. The Labute approximate surface area is 140 Å².